The van der Waals surface area contributed by atoms with E-state index >= 15 is 0 Å². The molecule has 1 N–H and O–H groups in total. The van der Waals surface area contributed by atoms with Crippen molar-refractivity contribution in [2.45, 2.75) is 32.1 Å². The van der Waals surface area contributed by atoms with Crippen LogP contribution in [-0.2, 0) is 4.74 Å². The van der Waals surface area contributed by atoms with E-state index in [9.17, 15) is 0 Å². The van der Waals surface area contributed by atoms with Gasteiger partial charge in [0.15, 0.2) is 0 Å². The van der Waals surface area contributed by atoms with Gasteiger partial charge in [-0.2, -0.15) is 0 Å². The van der Waals surface area contributed by atoms with Crippen LogP contribution in [-0.4, -0.2) is 50.8 Å². The molecule has 0 amide bonds. The first-order valence-corrected chi connectivity index (χ1v) is 6.96. The molecule has 2 aliphatic heterocycles. The molecule has 0 aromatic heterocycles. The van der Waals surface area contributed by atoms with Crippen LogP contribution >= 0.6 is 0 Å². The van der Waals surface area contributed by atoms with E-state index in [2.05, 4.69) is 10.2 Å². The summed E-state index contributed by atoms with van der Waals surface area (Å²) >= 11 is 0. The van der Waals surface area contributed by atoms with Crippen molar-refractivity contribution >= 4 is 0 Å². The van der Waals surface area contributed by atoms with Gasteiger partial charge in [-0.1, -0.05) is 6.42 Å². The summed E-state index contributed by atoms with van der Waals surface area (Å²) in [6, 6.07) is 0. The fourth-order valence-electron chi connectivity index (χ4n) is 2.68. The maximum Gasteiger partial charge on any atom is 0.0469 e. The lowest BCUT2D eigenvalue weighted by molar-refractivity contribution is 0.0661. The van der Waals surface area contributed by atoms with Crippen LogP contribution in [0.25, 0.3) is 0 Å². The smallest absolute Gasteiger partial charge is 0.0469 e. The van der Waals surface area contributed by atoms with E-state index in [4.69, 9.17) is 4.74 Å². The van der Waals surface area contributed by atoms with Crippen LogP contribution in [0.4, 0.5) is 0 Å². The van der Waals surface area contributed by atoms with Crippen molar-refractivity contribution in [3.05, 3.63) is 0 Å². The quantitative estimate of drug-likeness (QED) is 0.719. The van der Waals surface area contributed by atoms with Gasteiger partial charge in [-0.25, -0.2) is 0 Å². The fourth-order valence-corrected chi connectivity index (χ4v) is 2.68. The van der Waals surface area contributed by atoms with Gasteiger partial charge in [0.1, 0.15) is 0 Å². The second kappa shape index (κ2) is 7.25. The number of rotatable bonds is 5. The minimum absolute atomic E-state index is 0.857. The Morgan fingerprint density at radius 1 is 1.06 bits per heavy atom. The fraction of sp³-hybridized carbons (Fsp3) is 1.00. The van der Waals surface area contributed by atoms with E-state index in [-0.39, 0.29) is 0 Å². The Bertz CT molecular complexity index is 155. The van der Waals surface area contributed by atoms with Gasteiger partial charge in [-0.15, -0.1) is 0 Å². The molecule has 0 aliphatic carbocycles. The Hall–Kier alpha value is -0.120. The van der Waals surface area contributed by atoms with Crippen molar-refractivity contribution in [2.75, 3.05) is 45.9 Å². The Kier molecular flexibility index (Phi) is 5.59. The minimum atomic E-state index is 0.857. The normalized spacial score (nSPS) is 24.8. The first-order valence-electron chi connectivity index (χ1n) is 6.96. The second-order valence-electron chi connectivity index (χ2n) is 5.16. The molecular formula is C13H26N2O. The molecule has 0 aromatic carbocycles. The predicted octanol–water partition coefficient (Wildman–Crippen LogP) is 1.49. The SMILES string of the molecule is C1CCN(CCNCC2CCOCC2)CC1. The first-order chi connectivity index (χ1) is 7.95. The number of nitrogens with zero attached hydrogens (tertiary/aromatic N) is 1. The third-order valence-electron chi connectivity index (χ3n) is 3.83. The maximum absolute atomic E-state index is 5.37. The van der Waals surface area contributed by atoms with Crippen molar-refractivity contribution in [1.29, 1.82) is 0 Å². The van der Waals surface area contributed by atoms with Crippen molar-refractivity contribution in [1.82, 2.24) is 10.2 Å². The molecule has 2 aliphatic rings. The standard InChI is InChI=1S/C13H26N2O/c1-2-7-15(8-3-1)9-6-14-12-13-4-10-16-11-5-13/h13-14H,1-12H2. The summed E-state index contributed by atoms with van der Waals surface area (Å²) in [5, 5.41) is 3.61. The predicted molar refractivity (Wildman–Crippen MR) is 66.7 cm³/mol. The lowest BCUT2D eigenvalue weighted by Gasteiger charge is -2.27. The summed E-state index contributed by atoms with van der Waals surface area (Å²) in [5.41, 5.74) is 0. The van der Waals surface area contributed by atoms with Crippen LogP contribution in [0, 0.1) is 5.92 Å². The maximum atomic E-state index is 5.37. The minimum Gasteiger partial charge on any atom is -0.381 e. The Morgan fingerprint density at radius 3 is 2.56 bits per heavy atom. The lowest BCUT2D eigenvalue weighted by atomic mass is 10.0. The molecule has 0 unspecified atom stereocenters. The number of ether oxygens (including phenoxy) is 1. The van der Waals surface area contributed by atoms with Crippen molar-refractivity contribution in [2.24, 2.45) is 5.92 Å². The zero-order chi connectivity index (χ0) is 11.1. The summed E-state index contributed by atoms with van der Waals surface area (Å²) in [6.45, 7) is 8.17. The molecular weight excluding hydrogens is 200 g/mol. The summed E-state index contributed by atoms with van der Waals surface area (Å²) < 4.78 is 5.37. The molecule has 2 saturated heterocycles. The Labute approximate surface area is 99.5 Å². The van der Waals surface area contributed by atoms with Crippen LogP contribution in [0.1, 0.15) is 32.1 Å². The first kappa shape index (κ1) is 12.3. The van der Waals surface area contributed by atoms with Gasteiger partial charge in [0.2, 0.25) is 0 Å². The molecule has 0 spiro atoms. The van der Waals surface area contributed by atoms with Crippen LogP contribution in [0.3, 0.4) is 0 Å². The van der Waals surface area contributed by atoms with E-state index in [1.54, 1.807) is 0 Å². The van der Waals surface area contributed by atoms with Crippen LogP contribution in [0.5, 0.6) is 0 Å². The van der Waals surface area contributed by atoms with Crippen molar-refractivity contribution < 1.29 is 4.74 Å². The van der Waals surface area contributed by atoms with Gasteiger partial charge < -0.3 is 15.0 Å². The molecule has 0 aromatic rings. The average Bonchev–Trinajstić information content (AvgIpc) is 2.37. The molecule has 3 nitrogen and oxygen atoms in total. The second-order valence-corrected chi connectivity index (χ2v) is 5.16. The van der Waals surface area contributed by atoms with E-state index in [1.165, 1.54) is 58.3 Å². The van der Waals surface area contributed by atoms with Gasteiger partial charge in [-0.05, 0) is 51.2 Å². The van der Waals surface area contributed by atoms with Crippen molar-refractivity contribution in [3.8, 4) is 0 Å². The van der Waals surface area contributed by atoms with Crippen molar-refractivity contribution in [3.63, 3.8) is 0 Å². The summed E-state index contributed by atoms with van der Waals surface area (Å²) in [4.78, 5) is 2.60. The number of nitrogens with one attached hydrogen (secondary N) is 1. The Balaban J connectivity index is 1.47. The number of hydrogen-bond acceptors (Lipinski definition) is 3. The van der Waals surface area contributed by atoms with E-state index in [0.29, 0.717) is 0 Å². The summed E-state index contributed by atoms with van der Waals surface area (Å²) in [6.07, 6.45) is 6.74. The molecule has 2 rings (SSSR count). The molecule has 0 radical (unpaired) electrons. The number of hydrogen-bond donors (Lipinski definition) is 1. The summed E-state index contributed by atoms with van der Waals surface area (Å²) in [5.74, 6) is 0.857. The topological polar surface area (TPSA) is 24.5 Å². The molecule has 0 atom stereocenters. The zero-order valence-corrected chi connectivity index (χ0v) is 10.4. The largest absolute Gasteiger partial charge is 0.381 e. The zero-order valence-electron chi connectivity index (χ0n) is 10.4. The van der Waals surface area contributed by atoms with Crippen LogP contribution in [0.2, 0.25) is 0 Å². The van der Waals surface area contributed by atoms with Gasteiger partial charge in [0.25, 0.3) is 0 Å². The van der Waals surface area contributed by atoms with Crippen LogP contribution in [0.15, 0.2) is 0 Å². The van der Waals surface area contributed by atoms with E-state index in [1.807, 2.05) is 0 Å². The third-order valence-corrected chi connectivity index (χ3v) is 3.83. The summed E-state index contributed by atoms with van der Waals surface area (Å²) in [7, 11) is 0. The molecule has 2 fully saturated rings. The van der Waals surface area contributed by atoms with Gasteiger partial charge in [0.05, 0.1) is 0 Å². The highest BCUT2D eigenvalue weighted by Crippen LogP contribution is 2.13. The van der Waals surface area contributed by atoms with Gasteiger partial charge in [0, 0.05) is 26.3 Å². The van der Waals surface area contributed by atoms with E-state index < -0.39 is 0 Å². The molecule has 16 heavy (non-hydrogen) atoms. The Morgan fingerprint density at radius 2 is 1.81 bits per heavy atom. The highest BCUT2D eigenvalue weighted by atomic mass is 16.5. The third kappa shape index (κ3) is 4.40. The van der Waals surface area contributed by atoms with E-state index in [0.717, 1.165) is 25.7 Å². The molecule has 0 saturated carbocycles. The molecule has 94 valence electrons. The number of piperidine rings is 1. The number of likely N-dealkylation sites (tertiary alicyclic amines) is 1. The van der Waals surface area contributed by atoms with Gasteiger partial charge >= 0.3 is 0 Å². The lowest BCUT2D eigenvalue weighted by Crippen LogP contribution is -2.37. The monoisotopic (exact) mass is 226 g/mol. The highest BCUT2D eigenvalue weighted by Gasteiger charge is 2.13. The molecule has 2 heterocycles. The molecule has 3 heteroatoms. The van der Waals surface area contributed by atoms with Crippen LogP contribution < -0.4 is 5.32 Å². The molecule has 0 bridgehead atoms. The average molecular weight is 226 g/mol. The van der Waals surface area contributed by atoms with Gasteiger partial charge in [-0.3, -0.25) is 0 Å². The highest BCUT2D eigenvalue weighted by molar-refractivity contribution is 4.68.